The van der Waals surface area contributed by atoms with E-state index in [4.69, 9.17) is 10.5 Å². The summed E-state index contributed by atoms with van der Waals surface area (Å²) in [4.78, 5) is 0. The average Bonchev–Trinajstić information content (AvgIpc) is 2.17. The maximum absolute atomic E-state index is 6.34. The lowest BCUT2D eigenvalue weighted by Gasteiger charge is -2.50. The van der Waals surface area contributed by atoms with Gasteiger partial charge in [-0.3, -0.25) is 0 Å². The van der Waals surface area contributed by atoms with Gasteiger partial charge in [0.2, 0.25) is 0 Å². The Morgan fingerprint density at radius 2 is 1.75 bits per heavy atom. The van der Waals surface area contributed by atoms with Gasteiger partial charge in [0.25, 0.3) is 0 Å². The van der Waals surface area contributed by atoms with E-state index in [9.17, 15) is 0 Å². The third-order valence-corrected chi connectivity index (χ3v) is 4.66. The molecule has 2 atom stereocenters. The Labute approximate surface area is 74.5 Å². The summed E-state index contributed by atoms with van der Waals surface area (Å²) in [5.41, 5.74) is 6.81. The largest absolute Gasteiger partial charge is 0.379 e. The molecule has 1 saturated carbocycles. The standard InChI is InChI=1S/C10H19NO/c1-8(2)9(3)4-5-10(8,11)7-12-6-9/h4-7,11H2,1-3H3. The van der Waals surface area contributed by atoms with Crippen LogP contribution in [-0.4, -0.2) is 18.8 Å². The van der Waals surface area contributed by atoms with Gasteiger partial charge in [0.15, 0.2) is 0 Å². The predicted octanol–water partition coefficient (Wildman–Crippen LogP) is 1.54. The van der Waals surface area contributed by atoms with Crippen LogP contribution in [0.2, 0.25) is 0 Å². The Morgan fingerprint density at radius 1 is 1.08 bits per heavy atom. The van der Waals surface area contributed by atoms with Gasteiger partial charge < -0.3 is 10.5 Å². The van der Waals surface area contributed by atoms with Gasteiger partial charge in [-0.15, -0.1) is 0 Å². The van der Waals surface area contributed by atoms with Crippen LogP contribution >= 0.6 is 0 Å². The molecule has 2 fully saturated rings. The highest BCUT2D eigenvalue weighted by molar-refractivity contribution is 5.14. The first kappa shape index (κ1) is 8.52. The zero-order valence-corrected chi connectivity index (χ0v) is 8.31. The van der Waals surface area contributed by atoms with Gasteiger partial charge in [0.1, 0.15) is 0 Å². The minimum atomic E-state index is -0.0694. The Morgan fingerprint density at radius 3 is 2.25 bits per heavy atom. The SMILES string of the molecule is CC12CCC(N)(COC1)C2(C)C. The van der Waals surface area contributed by atoms with Crippen molar-refractivity contribution in [2.45, 2.75) is 39.2 Å². The van der Waals surface area contributed by atoms with Crippen LogP contribution in [-0.2, 0) is 4.74 Å². The highest BCUT2D eigenvalue weighted by atomic mass is 16.5. The molecule has 70 valence electrons. The Bertz CT molecular complexity index is 194. The first-order chi connectivity index (χ1) is 5.41. The fourth-order valence-electron chi connectivity index (χ4n) is 2.69. The van der Waals surface area contributed by atoms with Crippen LogP contribution in [0.5, 0.6) is 0 Å². The minimum Gasteiger partial charge on any atom is -0.379 e. The van der Waals surface area contributed by atoms with Crippen molar-refractivity contribution in [3.05, 3.63) is 0 Å². The second-order valence-corrected chi connectivity index (χ2v) is 5.33. The highest BCUT2D eigenvalue weighted by Gasteiger charge is 2.61. The van der Waals surface area contributed by atoms with E-state index in [1.165, 1.54) is 6.42 Å². The van der Waals surface area contributed by atoms with E-state index < -0.39 is 0 Å². The fourth-order valence-corrected chi connectivity index (χ4v) is 2.69. The van der Waals surface area contributed by atoms with E-state index in [2.05, 4.69) is 20.8 Å². The molecular formula is C10H19NO. The quantitative estimate of drug-likeness (QED) is 0.597. The molecule has 2 aliphatic rings. The molecule has 0 radical (unpaired) electrons. The van der Waals surface area contributed by atoms with Crippen molar-refractivity contribution in [1.29, 1.82) is 0 Å². The molecule has 2 heteroatoms. The van der Waals surface area contributed by atoms with E-state index in [0.717, 1.165) is 19.6 Å². The van der Waals surface area contributed by atoms with Crippen molar-refractivity contribution in [3.8, 4) is 0 Å². The fraction of sp³-hybridized carbons (Fsp3) is 1.00. The molecule has 2 nitrogen and oxygen atoms in total. The lowest BCUT2D eigenvalue weighted by Crippen LogP contribution is -2.60. The summed E-state index contributed by atoms with van der Waals surface area (Å²) in [5.74, 6) is 0. The van der Waals surface area contributed by atoms with E-state index in [1.807, 2.05) is 0 Å². The smallest absolute Gasteiger partial charge is 0.0651 e. The Hall–Kier alpha value is -0.0800. The first-order valence-corrected chi connectivity index (χ1v) is 4.78. The molecule has 1 aliphatic heterocycles. The molecule has 1 heterocycles. The number of ether oxygens (including phenoxy) is 1. The molecular weight excluding hydrogens is 150 g/mol. The van der Waals surface area contributed by atoms with Crippen molar-refractivity contribution in [2.24, 2.45) is 16.6 Å². The maximum atomic E-state index is 6.34. The number of hydrogen-bond donors (Lipinski definition) is 1. The van der Waals surface area contributed by atoms with Gasteiger partial charge in [0, 0.05) is 5.54 Å². The number of rotatable bonds is 0. The van der Waals surface area contributed by atoms with Crippen LogP contribution in [0, 0.1) is 10.8 Å². The van der Waals surface area contributed by atoms with Gasteiger partial charge in [-0.1, -0.05) is 20.8 Å². The summed E-state index contributed by atoms with van der Waals surface area (Å²) < 4.78 is 5.57. The number of nitrogens with two attached hydrogens (primary N) is 1. The summed E-state index contributed by atoms with van der Waals surface area (Å²) in [5, 5.41) is 0. The second-order valence-electron chi connectivity index (χ2n) is 5.33. The van der Waals surface area contributed by atoms with Crippen LogP contribution < -0.4 is 5.73 Å². The normalized spacial score (nSPS) is 51.0. The van der Waals surface area contributed by atoms with Gasteiger partial charge in [0.05, 0.1) is 13.2 Å². The van der Waals surface area contributed by atoms with E-state index >= 15 is 0 Å². The van der Waals surface area contributed by atoms with Gasteiger partial charge in [-0.2, -0.15) is 0 Å². The van der Waals surface area contributed by atoms with Crippen molar-refractivity contribution in [3.63, 3.8) is 0 Å². The molecule has 1 aliphatic carbocycles. The summed E-state index contributed by atoms with van der Waals surface area (Å²) in [6, 6.07) is 0. The molecule has 2 N–H and O–H groups in total. The second kappa shape index (κ2) is 2.05. The molecule has 0 aromatic carbocycles. The minimum absolute atomic E-state index is 0.0694. The molecule has 12 heavy (non-hydrogen) atoms. The Balaban J connectivity index is 2.42. The highest BCUT2D eigenvalue weighted by Crippen LogP contribution is 2.59. The molecule has 0 spiro atoms. The third-order valence-electron chi connectivity index (χ3n) is 4.66. The number of hydrogen-bond acceptors (Lipinski definition) is 2. The van der Waals surface area contributed by atoms with Crippen LogP contribution in [0.25, 0.3) is 0 Å². The summed E-state index contributed by atoms with van der Waals surface area (Å²) in [6.07, 6.45) is 2.34. The average molecular weight is 169 g/mol. The zero-order valence-electron chi connectivity index (χ0n) is 8.31. The summed E-state index contributed by atoms with van der Waals surface area (Å²) in [6.45, 7) is 8.53. The monoisotopic (exact) mass is 169 g/mol. The van der Waals surface area contributed by atoms with Gasteiger partial charge in [-0.25, -0.2) is 0 Å². The van der Waals surface area contributed by atoms with Crippen LogP contribution in [0.3, 0.4) is 0 Å². The third kappa shape index (κ3) is 0.728. The lowest BCUT2D eigenvalue weighted by molar-refractivity contribution is -0.0997. The van der Waals surface area contributed by atoms with Gasteiger partial charge in [-0.05, 0) is 23.7 Å². The zero-order chi connectivity index (χ0) is 9.04. The molecule has 0 aromatic heterocycles. The molecule has 1 saturated heterocycles. The maximum Gasteiger partial charge on any atom is 0.0651 e. The van der Waals surface area contributed by atoms with Gasteiger partial charge >= 0.3 is 0 Å². The predicted molar refractivity (Wildman–Crippen MR) is 48.9 cm³/mol. The van der Waals surface area contributed by atoms with Crippen LogP contribution in [0.1, 0.15) is 33.6 Å². The molecule has 2 unspecified atom stereocenters. The van der Waals surface area contributed by atoms with Crippen molar-refractivity contribution >= 4 is 0 Å². The lowest BCUT2D eigenvalue weighted by atomic mass is 9.62. The van der Waals surface area contributed by atoms with Crippen LogP contribution in [0.15, 0.2) is 0 Å². The van der Waals surface area contributed by atoms with Crippen molar-refractivity contribution in [1.82, 2.24) is 0 Å². The molecule has 0 amide bonds. The molecule has 2 bridgehead atoms. The summed E-state index contributed by atoms with van der Waals surface area (Å²) >= 11 is 0. The first-order valence-electron chi connectivity index (χ1n) is 4.78. The van der Waals surface area contributed by atoms with Crippen molar-refractivity contribution in [2.75, 3.05) is 13.2 Å². The molecule has 0 aromatic rings. The van der Waals surface area contributed by atoms with E-state index in [0.29, 0.717) is 5.41 Å². The number of fused-ring (bicyclic) bond motifs is 2. The topological polar surface area (TPSA) is 35.2 Å². The summed E-state index contributed by atoms with van der Waals surface area (Å²) in [7, 11) is 0. The van der Waals surface area contributed by atoms with Crippen molar-refractivity contribution < 1.29 is 4.74 Å². The van der Waals surface area contributed by atoms with E-state index in [-0.39, 0.29) is 11.0 Å². The van der Waals surface area contributed by atoms with E-state index in [1.54, 1.807) is 0 Å². The molecule has 2 rings (SSSR count). The van der Waals surface area contributed by atoms with Crippen LogP contribution in [0.4, 0.5) is 0 Å². The Kier molecular flexibility index (Phi) is 1.45.